The number of carbonyl (C=O) groups is 1. The van der Waals surface area contributed by atoms with Gasteiger partial charge >= 0.3 is 0 Å². The molecule has 5 nitrogen and oxygen atoms in total. The van der Waals surface area contributed by atoms with Gasteiger partial charge in [-0.05, 0) is 48.1 Å². The molecular weight excluding hydrogens is 422 g/mol. The van der Waals surface area contributed by atoms with Crippen molar-refractivity contribution in [3.8, 4) is 0 Å². The van der Waals surface area contributed by atoms with Crippen molar-refractivity contribution >= 4 is 12.0 Å². The first-order valence-corrected chi connectivity index (χ1v) is 12.1. The van der Waals surface area contributed by atoms with Crippen LogP contribution in [0.25, 0.3) is 6.08 Å². The van der Waals surface area contributed by atoms with Crippen LogP contribution in [0, 0.1) is 0 Å². The number of ether oxygens (including phenoxy) is 1. The Kier molecular flexibility index (Phi) is 9.00. The van der Waals surface area contributed by atoms with Gasteiger partial charge in [0.2, 0.25) is 5.91 Å². The molecule has 176 valence electrons. The van der Waals surface area contributed by atoms with Crippen LogP contribution in [0.15, 0.2) is 91.3 Å². The second-order valence-corrected chi connectivity index (χ2v) is 8.59. The highest BCUT2D eigenvalue weighted by Crippen LogP contribution is 2.31. The van der Waals surface area contributed by atoms with Gasteiger partial charge in [-0.25, -0.2) is 0 Å². The zero-order chi connectivity index (χ0) is 23.4. The number of rotatable bonds is 10. The number of carbonyl (C=O) groups excluding carboxylic acids is 1. The average molecular weight is 456 g/mol. The number of amides is 1. The molecule has 0 unspecified atom stereocenters. The summed E-state index contributed by atoms with van der Waals surface area (Å²) in [6.45, 7) is 3.29. The first-order valence-electron chi connectivity index (χ1n) is 12.1. The number of hydrogen-bond donors (Lipinski definition) is 1. The van der Waals surface area contributed by atoms with Gasteiger partial charge in [0.15, 0.2) is 0 Å². The Morgan fingerprint density at radius 1 is 1.00 bits per heavy atom. The van der Waals surface area contributed by atoms with Crippen LogP contribution in [0.5, 0.6) is 0 Å². The Hall–Kier alpha value is -3.28. The molecule has 0 bridgehead atoms. The standard InChI is InChI=1S/C29H33N3O2/c33-28(15-14-24-9-7-18-30-23-24)31-19-8-22-34-27-16-20-32(21-17-27)29(25-10-3-1-4-11-25)26-12-5-2-6-13-26/h1-7,9-15,18,23,27,29H,8,16-17,19-22H2,(H,31,33)/b15-14+. The van der Waals surface area contributed by atoms with E-state index in [1.807, 2.05) is 12.1 Å². The molecule has 1 aliphatic rings. The van der Waals surface area contributed by atoms with E-state index in [0.717, 1.165) is 37.9 Å². The van der Waals surface area contributed by atoms with E-state index in [-0.39, 0.29) is 18.1 Å². The van der Waals surface area contributed by atoms with E-state index in [2.05, 4.69) is 75.9 Å². The SMILES string of the molecule is O=C(/C=C/c1cccnc1)NCCCOC1CCN(C(c2ccccc2)c2ccccc2)CC1. The van der Waals surface area contributed by atoms with E-state index < -0.39 is 0 Å². The van der Waals surface area contributed by atoms with Crippen molar-refractivity contribution in [3.05, 3.63) is 108 Å². The fraction of sp³-hybridized carbons (Fsp3) is 0.310. The van der Waals surface area contributed by atoms with Crippen LogP contribution in [0.4, 0.5) is 0 Å². The monoisotopic (exact) mass is 455 g/mol. The maximum atomic E-state index is 12.0. The predicted molar refractivity (Wildman–Crippen MR) is 136 cm³/mol. The van der Waals surface area contributed by atoms with Crippen LogP contribution in [-0.2, 0) is 9.53 Å². The molecule has 1 amide bonds. The summed E-state index contributed by atoms with van der Waals surface area (Å²) in [4.78, 5) is 18.6. The summed E-state index contributed by atoms with van der Waals surface area (Å²) < 4.78 is 6.13. The lowest BCUT2D eigenvalue weighted by atomic mass is 9.94. The van der Waals surface area contributed by atoms with E-state index in [9.17, 15) is 4.79 Å². The molecule has 1 aromatic heterocycles. The largest absolute Gasteiger partial charge is 0.378 e. The van der Waals surface area contributed by atoms with E-state index in [1.165, 1.54) is 11.1 Å². The van der Waals surface area contributed by atoms with Crippen molar-refractivity contribution in [1.82, 2.24) is 15.2 Å². The summed E-state index contributed by atoms with van der Waals surface area (Å²) in [5, 5.41) is 2.91. The Morgan fingerprint density at radius 3 is 2.29 bits per heavy atom. The summed E-state index contributed by atoms with van der Waals surface area (Å²) in [5.41, 5.74) is 3.58. The number of aromatic nitrogens is 1. The highest BCUT2D eigenvalue weighted by Gasteiger charge is 2.27. The molecule has 4 rings (SSSR count). The van der Waals surface area contributed by atoms with Crippen molar-refractivity contribution in [1.29, 1.82) is 0 Å². The number of pyridine rings is 1. The highest BCUT2D eigenvalue weighted by molar-refractivity contribution is 5.91. The van der Waals surface area contributed by atoms with Crippen molar-refractivity contribution in [2.75, 3.05) is 26.2 Å². The van der Waals surface area contributed by atoms with Crippen molar-refractivity contribution in [2.24, 2.45) is 0 Å². The number of nitrogens with one attached hydrogen (secondary N) is 1. The molecule has 1 fully saturated rings. The van der Waals surface area contributed by atoms with Crippen LogP contribution in [0.1, 0.15) is 42.0 Å². The first-order chi connectivity index (χ1) is 16.8. The maximum Gasteiger partial charge on any atom is 0.244 e. The van der Waals surface area contributed by atoms with E-state index in [1.54, 1.807) is 24.5 Å². The van der Waals surface area contributed by atoms with Crippen LogP contribution in [-0.4, -0.2) is 48.1 Å². The van der Waals surface area contributed by atoms with Gasteiger partial charge < -0.3 is 10.1 Å². The van der Waals surface area contributed by atoms with Crippen LogP contribution in [0.2, 0.25) is 0 Å². The maximum absolute atomic E-state index is 12.0. The fourth-order valence-electron chi connectivity index (χ4n) is 4.42. The van der Waals surface area contributed by atoms with Gasteiger partial charge in [0.05, 0.1) is 12.1 Å². The van der Waals surface area contributed by atoms with Crippen molar-refractivity contribution in [3.63, 3.8) is 0 Å². The summed E-state index contributed by atoms with van der Waals surface area (Å²) in [6.07, 6.45) is 9.89. The summed E-state index contributed by atoms with van der Waals surface area (Å²) >= 11 is 0. The third kappa shape index (κ3) is 7.11. The number of benzene rings is 2. The smallest absolute Gasteiger partial charge is 0.244 e. The van der Waals surface area contributed by atoms with E-state index in [0.29, 0.717) is 13.2 Å². The molecule has 34 heavy (non-hydrogen) atoms. The van der Waals surface area contributed by atoms with Gasteiger partial charge in [-0.2, -0.15) is 0 Å². The lowest BCUT2D eigenvalue weighted by Crippen LogP contribution is -2.40. The fourth-order valence-corrected chi connectivity index (χ4v) is 4.42. The lowest BCUT2D eigenvalue weighted by Gasteiger charge is -2.38. The minimum Gasteiger partial charge on any atom is -0.378 e. The van der Waals surface area contributed by atoms with Gasteiger partial charge in [0.25, 0.3) is 0 Å². The second-order valence-electron chi connectivity index (χ2n) is 8.59. The number of nitrogens with zero attached hydrogens (tertiary/aromatic N) is 2. The summed E-state index contributed by atoms with van der Waals surface area (Å²) in [6, 6.07) is 25.6. The Labute approximate surface area is 202 Å². The van der Waals surface area contributed by atoms with E-state index in [4.69, 9.17) is 4.74 Å². The average Bonchev–Trinajstić information content (AvgIpc) is 2.90. The van der Waals surface area contributed by atoms with Gasteiger partial charge in [-0.15, -0.1) is 0 Å². The van der Waals surface area contributed by atoms with Gasteiger partial charge in [0, 0.05) is 44.7 Å². The van der Waals surface area contributed by atoms with Crippen molar-refractivity contribution < 1.29 is 9.53 Å². The molecule has 0 atom stereocenters. The molecule has 1 saturated heterocycles. The van der Waals surface area contributed by atoms with Crippen LogP contribution < -0.4 is 5.32 Å². The van der Waals surface area contributed by atoms with E-state index >= 15 is 0 Å². The lowest BCUT2D eigenvalue weighted by molar-refractivity contribution is -0.116. The van der Waals surface area contributed by atoms with Crippen LogP contribution >= 0.6 is 0 Å². The molecule has 1 N–H and O–H groups in total. The molecule has 0 saturated carbocycles. The minimum atomic E-state index is -0.0926. The second kappa shape index (κ2) is 12.8. The molecule has 0 aliphatic carbocycles. The number of likely N-dealkylation sites (tertiary alicyclic amines) is 1. The highest BCUT2D eigenvalue weighted by atomic mass is 16.5. The zero-order valence-electron chi connectivity index (χ0n) is 19.6. The molecule has 2 aromatic carbocycles. The number of hydrogen-bond acceptors (Lipinski definition) is 4. The third-order valence-electron chi connectivity index (χ3n) is 6.16. The Bertz CT molecular complexity index is 978. The van der Waals surface area contributed by atoms with Crippen molar-refractivity contribution in [2.45, 2.75) is 31.4 Å². The molecular formula is C29H33N3O2. The Morgan fingerprint density at radius 2 is 1.68 bits per heavy atom. The Balaban J connectivity index is 1.18. The molecule has 0 spiro atoms. The van der Waals surface area contributed by atoms with Gasteiger partial charge in [-0.1, -0.05) is 66.7 Å². The molecule has 5 heteroatoms. The van der Waals surface area contributed by atoms with Gasteiger partial charge in [0.1, 0.15) is 0 Å². The minimum absolute atomic E-state index is 0.0926. The summed E-state index contributed by atoms with van der Waals surface area (Å²) in [7, 11) is 0. The molecule has 0 radical (unpaired) electrons. The topological polar surface area (TPSA) is 54.5 Å². The quantitative estimate of drug-likeness (QED) is 0.350. The number of piperidine rings is 1. The van der Waals surface area contributed by atoms with Gasteiger partial charge in [-0.3, -0.25) is 14.7 Å². The van der Waals surface area contributed by atoms with Crippen LogP contribution in [0.3, 0.4) is 0 Å². The molecule has 3 aromatic rings. The molecule has 1 aliphatic heterocycles. The predicted octanol–water partition coefficient (Wildman–Crippen LogP) is 4.87. The first kappa shape index (κ1) is 23.9. The summed E-state index contributed by atoms with van der Waals surface area (Å²) in [5.74, 6) is -0.0926. The molecule has 2 heterocycles. The third-order valence-corrected chi connectivity index (χ3v) is 6.16. The normalized spacial score (nSPS) is 15.1. The zero-order valence-corrected chi connectivity index (χ0v) is 19.6.